The molecular formula is C12H15Cl2F3N2. The van der Waals surface area contributed by atoms with Crippen molar-refractivity contribution in [1.29, 1.82) is 0 Å². The van der Waals surface area contributed by atoms with Crippen LogP contribution in [0, 0.1) is 0 Å². The summed E-state index contributed by atoms with van der Waals surface area (Å²) >= 11 is 11.7. The van der Waals surface area contributed by atoms with E-state index >= 15 is 0 Å². The summed E-state index contributed by atoms with van der Waals surface area (Å²) < 4.78 is 37.4. The Kier molecular flexibility index (Phi) is 5.35. The molecule has 0 aromatic heterocycles. The number of benzene rings is 1. The molecule has 0 heterocycles. The molecule has 1 rings (SSSR count). The van der Waals surface area contributed by atoms with Gasteiger partial charge in [0.15, 0.2) is 0 Å². The second-order valence-electron chi connectivity index (χ2n) is 4.59. The Morgan fingerprint density at radius 2 is 1.68 bits per heavy atom. The normalized spacial score (nSPS) is 12.5. The molecule has 0 saturated carbocycles. The van der Waals surface area contributed by atoms with Crippen LogP contribution in [-0.2, 0) is 6.54 Å². The highest BCUT2D eigenvalue weighted by Gasteiger charge is 2.31. The van der Waals surface area contributed by atoms with Crippen LogP contribution in [0.3, 0.4) is 0 Å². The van der Waals surface area contributed by atoms with E-state index in [2.05, 4.69) is 0 Å². The van der Waals surface area contributed by atoms with Crippen LogP contribution in [0.5, 0.6) is 0 Å². The van der Waals surface area contributed by atoms with E-state index < -0.39 is 12.7 Å². The zero-order valence-electron chi connectivity index (χ0n) is 10.6. The Balaban J connectivity index is 2.91. The van der Waals surface area contributed by atoms with E-state index in [0.717, 1.165) is 0 Å². The lowest BCUT2D eigenvalue weighted by Crippen LogP contribution is -2.38. The first kappa shape index (κ1) is 16.4. The van der Waals surface area contributed by atoms with Crippen molar-refractivity contribution in [3.05, 3.63) is 27.7 Å². The lowest BCUT2D eigenvalue weighted by molar-refractivity contribution is -0.150. The monoisotopic (exact) mass is 314 g/mol. The number of alkyl halides is 3. The van der Waals surface area contributed by atoms with Gasteiger partial charge in [-0.2, -0.15) is 13.2 Å². The maximum Gasteiger partial charge on any atom is 0.401 e. The maximum absolute atomic E-state index is 12.5. The predicted molar refractivity (Wildman–Crippen MR) is 72.5 cm³/mol. The highest BCUT2D eigenvalue weighted by Crippen LogP contribution is 2.30. The molecule has 1 aromatic carbocycles. The number of nitrogens with two attached hydrogens (primary N) is 1. The Hall–Kier alpha value is -0.650. The van der Waals surface area contributed by atoms with Gasteiger partial charge >= 0.3 is 6.18 Å². The topological polar surface area (TPSA) is 29.3 Å². The molecule has 1 aromatic rings. The van der Waals surface area contributed by atoms with Crippen LogP contribution in [0.25, 0.3) is 0 Å². The van der Waals surface area contributed by atoms with Gasteiger partial charge in [0.05, 0.1) is 22.3 Å². The van der Waals surface area contributed by atoms with Crippen LogP contribution in [0.4, 0.5) is 18.9 Å². The average Bonchev–Trinajstić information content (AvgIpc) is 2.22. The van der Waals surface area contributed by atoms with Crippen molar-refractivity contribution < 1.29 is 13.2 Å². The molecule has 0 bridgehead atoms. The fraction of sp³-hybridized carbons (Fsp3) is 0.500. The van der Waals surface area contributed by atoms with E-state index in [1.807, 2.05) is 0 Å². The molecule has 0 aliphatic heterocycles. The molecule has 0 spiro atoms. The highest BCUT2D eigenvalue weighted by atomic mass is 35.5. The molecule has 19 heavy (non-hydrogen) atoms. The predicted octanol–water partition coefficient (Wildman–Crippen LogP) is 4.35. The molecule has 0 fully saturated rings. The van der Waals surface area contributed by atoms with Crippen LogP contribution >= 0.6 is 23.2 Å². The van der Waals surface area contributed by atoms with E-state index in [4.69, 9.17) is 28.9 Å². The Bertz CT molecular complexity index is 424. The van der Waals surface area contributed by atoms with Gasteiger partial charge < -0.3 is 5.73 Å². The summed E-state index contributed by atoms with van der Waals surface area (Å²) in [6, 6.07) is 2.82. The van der Waals surface area contributed by atoms with Crippen molar-refractivity contribution >= 4 is 28.9 Å². The lowest BCUT2D eigenvalue weighted by Gasteiger charge is -2.27. The molecule has 108 valence electrons. The summed E-state index contributed by atoms with van der Waals surface area (Å²) in [5.41, 5.74) is 6.42. The highest BCUT2D eigenvalue weighted by molar-refractivity contribution is 6.38. The number of hydrogen-bond donors (Lipinski definition) is 1. The second kappa shape index (κ2) is 6.20. The molecular weight excluding hydrogens is 300 g/mol. The first-order valence-electron chi connectivity index (χ1n) is 5.64. The van der Waals surface area contributed by atoms with Crippen molar-refractivity contribution in [2.45, 2.75) is 32.6 Å². The van der Waals surface area contributed by atoms with Gasteiger partial charge in [0.2, 0.25) is 0 Å². The van der Waals surface area contributed by atoms with Crippen LogP contribution in [0.15, 0.2) is 12.1 Å². The minimum absolute atomic E-state index is 0.108. The molecule has 0 radical (unpaired) electrons. The lowest BCUT2D eigenvalue weighted by atomic mass is 10.1. The van der Waals surface area contributed by atoms with Gasteiger partial charge in [-0.1, -0.05) is 23.2 Å². The smallest absolute Gasteiger partial charge is 0.396 e. The van der Waals surface area contributed by atoms with E-state index in [1.54, 1.807) is 13.8 Å². The summed E-state index contributed by atoms with van der Waals surface area (Å²) in [5.74, 6) is 0. The number of anilines is 1. The minimum atomic E-state index is -4.24. The molecule has 0 atom stereocenters. The second-order valence-corrected chi connectivity index (χ2v) is 5.40. The van der Waals surface area contributed by atoms with Crippen LogP contribution in [0.1, 0.15) is 19.4 Å². The Morgan fingerprint density at radius 3 is 2.05 bits per heavy atom. The van der Waals surface area contributed by atoms with Gasteiger partial charge in [0, 0.05) is 12.6 Å². The summed E-state index contributed by atoms with van der Waals surface area (Å²) in [4.78, 5) is 1.29. The minimum Gasteiger partial charge on any atom is -0.396 e. The fourth-order valence-electron chi connectivity index (χ4n) is 1.61. The van der Waals surface area contributed by atoms with Crippen LogP contribution in [0.2, 0.25) is 10.0 Å². The molecule has 7 heteroatoms. The first-order chi connectivity index (χ1) is 8.60. The number of rotatable bonds is 4. The number of nitrogen functional groups attached to an aromatic ring is 1. The summed E-state index contributed by atoms with van der Waals surface area (Å²) in [5, 5.41) is 0.497. The van der Waals surface area contributed by atoms with Gasteiger partial charge in [-0.25, -0.2) is 0 Å². The summed E-state index contributed by atoms with van der Waals surface area (Å²) in [6.45, 7) is 2.53. The zero-order chi connectivity index (χ0) is 14.8. The molecule has 2 nitrogen and oxygen atoms in total. The summed E-state index contributed by atoms with van der Waals surface area (Å²) in [6.07, 6.45) is -4.24. The third-order valence-corrected chi connectivity index (χ3v) is 3.26. The van der Waals surface area contributed by atoms with Crippen molar-refractivity contribution in [2.24, 2.45) is 0 Å². The van der Waals surface area contributed by atoms with Crippen LogP contribution in [-0.4, -0.2) is 23.7 Å². The van der Waals surface area contributed by atoms with Crippen molar-refractivity contribution in [3.8, 4) is 0 Å². The largest absolute Gasteiger partial charge is 0.401 e. The average molecular weight is 315 g/mol. The third kappa shape index (κ3) is 5.09. The first-order valence-corrected chi connectivity index (χ1v) is 6.40. The molecule has 2 N–H and O–H groups in total. The maximum atomic E-state index is 12.5. The van der Waals surface area contributed by atoms with E-state index in [0.29, 0.717) is 5.56 Å². The third-order valence-electron chi connectivity index (χ3n) is 2.64. The SMILES string of the molecule is CC(C)N(Cc1cc(Cl)c(N)c(Cl)c1)CC(F)(F)F. The van der Waals surface area contributed by atoms with Gasteiger partial charge in [0.1, 0.15) is 0 Å². The molecule has 0 aliphatic rings. The van der Waals surface area contributed by atoms with E-state index in [1.165, 1.54) is 17.0 Å². The van der Waals surface area contributed by atoms with Crippen LogP contribution < -0.4 is 5.73 Å². The van der Waals surface area contributed by atoms with E-state index in [9.17, 15) is 13.2 Å². The fourth-order valence-corrected chi connectivity index (χ4v) is 2.15. The zero-order valence-corrected chi connectivity index (χ0v) is 12.1. The molecule has 0 unspecified atom stereocenters. The standard InChI is InChI=1S/C12H15Cl2F3N2/c1-7(2)19(6-12(15,16)17)5-8-3-9(13)11(18)10(14)4-8/h3-4,7H,5-6,18H2,1-2H3. The number of hydrogen-bond acceptors (Lipinski definition) is 2. The van der Waals surface area contributed by atoms with Gasteiger partial charge in [-0.15, -0.1) is 0 Å². The molecule has 0 amide bonds. The Labute approximate surface area is 120 Å². The van der Waals surface area contributed by atoms with Gasteiger partial charge in [0.25, 0.3) is 0 Å². The Morgan fingerprint density at radius 1 is 1.21 bits per heavy atom. The number of halogens is 5. The quantitative estimate of drug-likeness (QED) is 0.837. The summed E-state index contributed by atoms with van der Waals surface area (Å²) in [7, 11) is 0. The van der Waals surface area contributed by atoms with Crippen molar-refractivity contribution in [2.75, 3.05) is 12.3 Å². The molecule has 0 aliphatic carbocycles. The van der Waals surface area contributed by atoms with Gasteiger partial charge in [-0.3, -0.25) is 4.90 Å². The van der Waals surface area contributed by atoms with Crippen molar-refractivity contribution in [3.63, 3.8) is 0 Å². The number of nitrogens with zero attached hydrogens (tertiary/aromatic N) is 1. The van der Waals surface area contributed by atoms with Gasteiger partial charge in [-0.05, 0) is 31.5 Å². The molecule has 0 saturated heterocycles. The van der Waals surface area contributed by atoms with E-state index in [-0.39, 0.29) is 28.3 Å². The van der Waals surface area contributed by atoms with Crippen molar-refractivity contribution in [1.82, 2.24) is 4.90 Å².